The van der Waals surface area contributed by atoms with Gasteiger partial charge in [0, 0.05) is 29.6 Å². The first-order valence-electron chi connectivity index (χ1n) is 8.69. The van der Waals surface area contributed by atoms with Crippen molar-refractivity contribution in [2.75, 3.05) is 26.7 Å². The molecule has 5 heteroatoms. The van der Waals surface area contributed by atoms with Crippen LogP contribution >= 0.6 is 0 Å². The Hall–Kier alpha value is -2.14. The molecule has 5 nitrogen and oxygen atoms in total. The van der Waals surface area contributed by atoms with Gasteiger partial charge >= 0.3 is 0 Å². The quantitative estimate of drug-likeness (QED) is 0.942. The third kappa shape index (κ3) is 2.96. The molecule has 1 atom stereocenters. The summed E-state index contributed by atoms with van der Waals surface area (Å²) in [5.74, 6) is 1.43. The Bertz CT molecular complexity index is 739. The van der Waals surface area contributed by atoms with E-state index in [0.29, 0.717) is 5.69 Å². The molecule has 2 aromatic rings. The average Bonchev–Trinajstić information content (AvgIpc) is 2.93. The van der Waals surface area contributed by atoms with Crippen molar-refractivity contribution in [2.24, 2.45) is 5.92 Å². The van der Waals surface area contributed by atoms with Gasteiger partial charge in [-0.2, -0.15) is 0 Å². The fourth-order valence-corrected chi connectivity index (χ4v) is 4.00. The van der Waals surface area contributed by atoms with Crippen LogP contribution in [0.25, 0.3) is 10.8 Å². The summed E-state index contributed by atoms with van der Waals surface area (Å²) in [5.41, 5.74) is 0.457. The Morgan fingerprint density at radius 1 is 1.33 bits per heavy atom. The molecule has 3 saturated heterocycles. The number of hydrogen-bond acceptors (Lipinski definition) is 4. The standard InChI is InChI=1S/C19H23N3O2/c1-24-18-4-2-3-14-11-20-17(10-16(14)18)19(23)21-15-9-13-5-7-22(12-15)8-6-13/h2-4,10-11,13,15H,5-9,12H2,1H3,(H,21,23)/t15-/m1/s1. The molecule has 1 N–H and O–H groups in total. The van der Waals surface area contributed by atoms with Crippen LogP contribution in [0.4, 0.5) is 0 Å². The molecular formula is C19H23N3O2. The van der Waals surface area contributed by atoms with Gasteiger partial charge in [0.25, 0.3) is 5.91 Å². The van der Waals surface area contributed by atoms with E-state index in [4.69, 9.17) is 4.74 Å². The molecule has 1 amide bonds. The molecule has 1 aromatic carbocycles. The molecule has 24 heavy (non-hydrogen) atoms. The molecule has 126 valence electrons. The minimum atomic E-state index is -0.0877. The fraction of sp³-hybridized carbons (Fsp3) is 0.474. The number of aromatic nitrogens is 1. The minimum Gasteiger partial charge on any atom is -0.496 e. The van der Waals surface area contributed by atoms with E-state index in [1.807, 2.05) is 24.3 Å². The predicted octanol–water partition coefficient (Wildman–Crippen LogP) is 2.46. The first-order valence-corrected chi connectivity index (χ1v) is 8.69. The van der Waals surface area contributed by atoms with E-state index >= 15 is 0 Å². The summed E-state index contributed by atoms with van der Waals surface area (Å²) >= 11 is 0. The van der Waals surface area contributed by atoms with Crippen LogP contribution in [0.1, 0.15) is 29.8 Å². The lowest BCUT2D eigenvalue weighted by Gasteiger charge is -2.26. The molecule has 0 saturated carbocycles. The van der Waals surface area contributed by atoms with Crippen molar-refractivity contribution >= 4 is 16.7 Å². The minimum absolute atomic E-state index is 0.0877. The smallest absolute Gasteiger partial charge is 0.270 e. The maximum atomic E-state index is 12.7. The predicted molar refractivity (Wildman–Crippen MR) is 93.3 cm³/mol. The topological polar surface area (TPSA) is 54.5 Å². The van der Waals surface area contributed by atoms with Gasteiger partial charge in [0.1, 0.15) is 11.4 Å². The summed E-state index contributed by atoms with van der Waals surface area (Å²) in [4.78, 5) is 19.5. The highest BCUT2D eigenvalue weighted by atomic mass is 16.5. The molecule has 0 unspecified atom stereocenters. The van der Waals surface area contributed by atoms with Crippen molar-refractivity contribution in [1.82, 2.24) is 15.2 Å². The number of pyridine rings is 1. The summed E-state index contributed by atoms with van der Waals surface area (Å²) < 4.78 is 5.40. The summed E-state index contributed by atoms with van der Waals surface area (Å²) in [7, 11) is 1.64. The molecule has 3 aliphatic heterocycles. The van der Waals surface area contributed by atoms with E-state index in [1.54, 1.807) is 13.3 Å². The summed E-state index contributed by atoms with van der Waals surface area (Å²) in [6.07, 6.45) is 5.35. The number of hydrogen-bond donors (Lipinski definition) is 1. The number of nitrogens with zero attached hydrogens (tertiary/aromatic N) is 2. The molecule has 0 aliphatic carbocycles. The maximum Gasteiger partial charge on any atom is 0.270 e. The molecular weight excluding hydrogens is 302 g/mol. The lowest BCUT2D eigenvalue weighted by atomic mass is 9.94. The first kappa shape index (κ1) is 15.4. The summed E-state index contributed by atoms with van der Waals surface area (Å²) in [6.45, 7) is 3.30. The Morgan fingerprint density at radius 2 is 2.17 bits per heavy atom. The van der Waals surface area contributed by atoms with E-state index in [0.717, 1.165) is 35.4 Å². The molecule has 3 aliphatic rings. The van der Waals surface area contributed by atoms with E-state index in [1.165, 1.54) is 25.9 Å². The van der Waals surface area contributed by atoms with Crippen LogP contribution < -0.4 is 10.1 Å². The van der Waals surface area contributed by atoms with Crippen LogP contribution in [0, 0.1) is 5.92 Å². The zero-order chi connectivity index (χ0) is 16.5. The molecule has 1 aromatic heterocycles. The van der Waals surface area contributed by atoms with Crippen LogP contribution in [0.5, 0.6) is 5.75 Å². The number of methoxy groups -OCH3 is 1. The Labute approximate surface area is 142 Å². The number of ether oxygens (including phenoxy) is 1. The second kappa shape index (κ2) is 6.40. The van der Waals surface area contributed by atoms with Crippen molar-refractivity contribution in [3.05, 3.63) is 36.2 Å². The van der Waals surface area contributed by atoms with Gasteiger partial charge in [-0.1, -0.05) is 12.1 Å². The summed E-state index contributed by atoms with van der Waals surface area (Å²) in [5, 5.41) is 5.09. The Morgan fingerprint density at radius 3 is 2.96 bits per heavy atom. The number of fused-ring (bicyclic) bond motifs is 5. The third-order valence-electron chi connectivity index (χ3n) is 5.31. The van der Waals surface area contributed by atoms with Crippen LogP contribution in [0.2, 0.25) is 0 Å². The van der Waals surface area contributed by atoms with Gasteiger partial charge in [-0.15, -0.1) is 0 Å². The van der Waals surface area contributed by atoms with Crippen LogP contribution in [0.15, 0.2) is 30.5 Å². The van der Waals surface area contributed by atoms with Gasteiger partial charge in [-0.05, 0) is 50.4 Å². The first-order chi connectivity index (χ1) is 11.7. The van der Waals surface area contributed by atoms with Gasteiger partial charge < -0.3 is 15.0 Å². The second-order valence-electron chi connectivity index (χ2n) is 6.90. The highest BCUT2D eigenvalue weighted by molar-refractivity contribution is 5.98. The number of nitrogens with one attached hydrogen (secondary N) is 1. The molecule has 0 radical (unpaired) electrons. The number of rotatable bonds is 3. The van der Waals surface area contributed by atoms with E-state index < -0.39 is 0 Å². The molecule has 2 bridgehead atoms. The fourth-order valence-electron chi connectivity index (χ4n) is 4.00. The molecule has 0 spiro atoms. The number of benzene rings is 1. The van der Waals surface area contributed by atoms with Gasteiger partial charge in [0.2, 0.25) is 0 Å². The van der Waals surface area contributed by atoms with Crippen LogP contribution in [-0.2, 0) is 0 Å². The zero-order valence-corrected chi connectivity index (χ0v) is 14.0. The lowest BCUT2D eigenvalue weighted by Crippen LogP contribution is -2.42. The third-order valence-corrected chi connectivity index (χ3v) is 5.31. The van der Waals surface area contributed by atoms with Gasteiger partial charge in [0.05, 0.1) is 7.11 Å². The Balaban J connectivity index is 1.55. The number of amides is 1. The number of carbonyl (C=O) groups is 1. The largest absolute Gasteiger partial charge is 0.496 e. The van der Waals surface area contributed by atoms with Gasteiger partial charge in [-0.25, -0.2) is 0 Å². The van der Waals surface area contributed by atoms with Crippen LogP contribution in [-0.4, -0.2) is 48.6 Å². The molecule has 5 rings (SSSR count). The highest BCUT2D eigenvalue weighted by Crippen LogP contribution is 2.27. The van der Waals surface area contributed by atoms with E-state index in [-0.39, 0.29) is 11.9 Å². The zero-order valence-electron chi connectivity index (χ0n) is 14.0. The van der Waals surface area contributed by atoms with E-state index in [9.17, 15) is 4.79 Å². The van der Waals surface area contributed by atoms with Crippen molar-refractivity contribution in [3.63, 3.8) is 0 Å². The van der Waals surface area contributed by atoms with Crippen molar-refractivity contribution in [1.29, 1.82) is 0 Å². The summed E-state index contributed by atoms with van der Waals surface area (Å²) in [6, 6.07) is 7.86. The van der Waals surface area contributed by atoms with Crippen molar-refractivity contribution < 1.29 is 9.53 Å². The number of carbonyl (C=O) groups excluding carboxylic acids is 1. The van der Waals surface area contributed by atoms with Crippen molar-refractivity contribution in [3.8, 4) is 5.75 Å². The normalized spacial score (nSPS) is 26.1. The van der Waals surface area contributed by atoms with Crippen molar-refractivity contribution in [2.45, 2.75) is 25.3 Å². The molecule has 3 fully saturated rings. The lowest BCUT2D eigenvalue weighted by molar-refractivity contribution is 0.0924. The average molecular weight is 325 g/mol. The van der Waals surface area contributed by atoms with E-state index in [2.05, 4.69) is 15.2 Å². The monoisotopic (exact) mass is 325 g/mol. The van der Waals surface area contributed by atoms with Crippen LogP contribution in [0.3, 0.4) is 0 Å². The van der Waals surface area contributed by atoms with Gasteiger partial charge in [0.15, 0.2) is 0 Å². The van der Waals surface area contributed by atoms with Gasteiger partial charge in [-0.3, -0.25) is 9.78 Å². The second-order valence-corrected chi connectivity index (χ2v) is 6.90. The molecule has 4 heterocycles. The Kier molecular flexibility index (Phi) is 4.10. The maximum absolute atomic E-state index is 12.7. The highest BCUT2D eigenvalue weighted by Gasteiger charge is 2.30. The SMILES string of the molecule is COc1cccc2cnc(C(=O)N[C@@H]3CC4CCN(CC4)C3)cc12. The number of piperidine rings is 1.